The molecule has 4 nitrogen and oxygen atoms in total. The molecule has 0 aliphatic rings. The third kappa shape index (κ3) is 4.88. The summed E-state index contributed by atoms with van der Waals surface area (Å²) in [6.45, 7) is 3.65. The molecule has 21 heavy (non-hydrogen) atoms. The summed E-state index contributed by atoms with van der Waals surface area (Å²) in [4.78, 5) is 0. The molecule has 0 aliphatic heterocycles. The fourth-order valence-corrected chi connectivity index (χ4v) is 2.49. The van der Waals surface area contributed by atoms with Crippen molar-refractivity contribution < 1.29 is 0 Å². The Labute approximate surface area is 139 Å². The fourth-order valence-electron chi connectivity index (χ4n) is 1.82. The molecule has 0 bridgehead atoms. The molecule has 2 rings (SSSR count). The average molecular weight is 343 g/mol. The Morgan fingerprint density at radius 1 is 1.33 bits per heavy atom. The Morgan fingerprint density at radius 3 is 2.81 bits per heavy atom. The van der Waals surface area contributed by atoms with Crippen LogP contribution in [-0.2, 0) is 6.54 Å². The molecule has 0 radical (unpaired) electrons. The van der Waals surface area contributed by atoms with E-state index in [1.807, 2.05) is 17.7 Å². The molecule has 0 amide bonds. The van der Waals surface area contributed by atoms with Gasteiger partial charge < -0.3 is 10.6 Å². The summed E-state index contributed by atoms with van der Waals surface area (Å²) in [5, 5.41) is 12.1. The highest BCUT2D eigenvalue weighted by molar-refractivity contribution is 7.80. The van der Waals surface area contributed by atoms with Gasteiger partial charge in [-0.05, 0) is 49.8 Å². The van der Waals surface area contributed by atoms with E-state index in [9.17, 15) is 0 Å². The molecule has 0 unspecified atom stereocenters. The Bertz CT molecular complexity index is 627. The van der Waals surface area contributed by atoms with Gasteiger partial charge in [-0.3, -0.25) is 4.68 Å². The van der Waals surface area contributed by atoms with E-state index in [-0.39, 0.29) is 0 Å². The normalized spacial score (nSPS) is 10.4. The summed E-state index contributed by atoms with van der Waals surface area (Å²) in [5.41, 5.74) is 1.89. The van der Waals surface area contributed by atoms with Crippen LogP contribution in [0.15, 0.2) is 30.5 Å². The summed E-state index contributed by atoms with van der Waals surface area (Å²) in [6, 6.07) is 7.22. The van der Waals surface area contributed by atoms with E-state index in [0.29, 0.717) is 15.2 Å². The topological polar surface area (TPSA) is 41.9 Å². The van der Waals surface area contributed by atoms with Crippen molar-refractivity contribution >= 4 is 46.2 Å². The van der Waals surface area contributed by atoms with Crippen molar-refractivity contribution in [3.63, 3.8) is 0 Å². The third-order valence-corrected chi connectivity index (χ3v) is 3.73. The minimum absolute atomic E-state index is 0.538. The van der Waals surface area contributed by atoms with Gasteiger partial charge in [0.05, 0.1) is 10.7 Å². The number of halogens is 2. The Balaban J connectivity index is 1.73. The maximum absolute atomic E-state index is 6.07. The molecule has 1 heterocycles. The largest absolute Gasteiger partial charge is 0.362 e. The number of aromatic nitrogens is 2. The zero-order chi connectivity index (χ0) is 15.2. The van der Waals surface area contributed by atoms with Gasteiger partial charge in [0.15, 0.2) is 5.11 Å². The molecule has 2 N–H and O–H groups in total. The van der Waals surface area contributed by atoms with Crippen LogP contribution in [0.4, 0.5) is 5.69 Å². The standard InChI is InChI=1S/C14H16Cl2N4S/c1-10-5-7-18-20(10)8-2-6-17-14(21)19-13-4-3-11(15)9-12(13)16/h3-5,7,9H,2,6,8H2,1H3,(H2,17,19,21). The predicted octanol–water partition coefficient (Wildman–Crippen LogP) is 3.88. The number of nitrogens with one attached hydrogen (secondary N) is 2. The summed E-state index contributed by atoms with van der Waals surface area (Å²) >= 11 is 17.2. The van der Waals surface area contributed by atoms with Crippen LogP contribution in [0.1, 0.15) is 12.1 Å². The van der Waals surface area contributed by atoms with Gasteiger partial charge >= 0.3 is 0 Å². The number of rotatable bonds is 5. The van der Waals surface area contributed by atoms with Crippen LogP contribution in [0.2, 0.25) is 10.0 Å². The van der Waals surface area contributed by atoms with Crippen LogP contribution in [0, 0.1) is 6.92 Å². The van der Waals surface area contributed by atoms with Crippen LogP contribution in [0.3, 0.4) is 0 Å². The smallest absolute Gasteiger partial charge is 0.170 e. The summed E-state index contributed by atoms with van der Waals surface area (Å²) in [5.74, 6) is 0. The van der Waals surface area contributed by atoms with Crippen molar-refractivity contribution in [2.24, 2.45) is 0 Å². The lowest BCUT2D eigenvalue weighted by molar-refractivity contribution is 0.561. The van der Waals surface area contributed by atoms with E-state index in [4.69, 9.17) is 35.4 Å². The van der Waals surface area contributed by atoms with Gasteiger partial charge in [0, 0.05) is 30.0 Å². The zero-order valence-corrected chi connectivity index (χ0v) is 13.9. The van der Waals surface area contributed by atoms with Gasteiger partial charge in [-0.1, -0.05) is 23.2 Å². The first-order valence-corrected chi connectivity index (χ1v) is 7.71. The minimum Gasteiger partial charge on any atom is -0.362 e. The number of hydrogen-bond acceptors (Lipinski definition) is 2. The van der Waals surface area contributed by atoms with Gasteiger partial charge in [-0.25, -0.2) is 0 Å². The lowest BCUT2D eigenvalue weighted by Gasteiger charge is -2.12. The number of benzene rings is 1. The van der Waals surface area contributed by atoms with E-state index < -0.39 is 0 Å². The van der Waals surface area contributed by atoms with Crippen molar-refractivity contribution in [3.05, 3.63) is 46.2 Å². The molecule has 2 aromatic rings. The van der Waals surface area contributed by atoms with Gasteiger partial charge in [0.2, 0.25) is 0 Å². The van der Waals surface area contributed by atoms with Crippen molar-refractivity contribution in [1.29, 1.82) is 0 Å². The van der Waals surface area contributed by atoms with Crippen LogP contribution in [0.25, 0.3) is 0 Å². The SMILES string of the molecule is Cc1ccnn1CCCNC(=S)Nc1ccc(Cl)cc1Cl. The quantitative estimate of drug-likeness (QED) is 0.639. The van der Waals surface area contributed by atoms with E-state index >= 15 is 0 Å². The molecule has 1 aromatic heterocycles. The number of thiocarbonyl (C=S) groups is 1. The Hall–Kier alpha value is -1.30. The molecule has 0 aliphatic carbocycles. The molecular weight excluding hydrogens is 327 g/mol. The number of hydrogen-bond donors (Lipinski definition) is 2. The Kier molecular flexibility index (Phi) is 5.85. The second-order valence-electron chi connectivity index (χ2n) is 4.55. The summed E-state index contributed by atoms with van der Waals surface area (Å²) in [6.07, 6.45) is 2.73. The van der Waals surface area contributed by atoms with E-state index in [2.05, 4.69) is 15.7 Å². The maximum atomic E-state index is 6.07. The highest BCUT2D eigenvalue weighted by Gasteiger charge is 2.03. The lowest BCUT2D eigenvalue weighted by atomic mass is 10.3. The lowest BCUT2D eigenvalue weighted by Crippen LogP contribution is -2.30. The first-order chi connectivity index (χ1) is 10.1. The summed E-state index contributed by atoms with van der Waals surface area (Å²) in [7, 11) is 0. The first-order valence-electron chi connectivity index (χ1n) is 6.54. The molecular formula is C14H16Cl2N4S. The van der Waals surface area contributed by atoms with Crippen molar-refractivity contribution in [2.45, 2.75) is 19.9 Å². The molecule has 112 valence electrons. The van der Waals surface area contributed by atoms with Crippen LogP contribution < -0.4 is 10.6 Å². The van der Waals surface area contributed by atoms with Crippen LogP contribution in [-0.4, -0.2) is 21.4 Å². The molecule has 0 saturated heterocycles. The second-order valence-corrected chi connectivity index (χ2v) is 5.81. The summed E-state index contributed by atoms with van der Waals surface area (Å²) < 4.78 is 1.97. The number of nitrogens with zero attached hydrogens (tertiary/aromatic N) is 2. The van der Waals surface area contributed by atoms with Gasteiger partial charge in [-0.15, -0.1) is 0 Å². The fraction of sp³-hybridized carbons (Fsp3) is 0.286. The van der Waals surface area contributed by atoms with E-state index in [1.165, 1.54) is 0 Å². The van der Waals surface area contributed by atoms with Gasteiger partial charge in [0.1, 0.15) is 0 Å². The molecule has 0 saturated carbocycles. The first kappa shape index (κ1) is 16.1. The Morgan fingerprint density at radius 2 is 2.14 bits per heavy atom. The second kappa shape index (κ2) is 7.64. The average Bonchev–Trinajstić information content (AvgIpc) is 2.84. The molecule has 1 aromatic carbocycles. The minimum atomic E-state index is 0.538. The molecule has 0 fully saturated rings. The molecule has 0 atom stereocenters. The van der Waals surface area contributed by atoms with Gasteiger partial charge in [-0.2, -0.15) is 5.10 Å². The highest BCUT2D eigenvalue weighted by Crippen LogP contribution is 2.25. The van der Waals surface area contributed by atoms with E-state index in [1.54, 1.807) is 24.4 Å². The number of anilines is 1. The number of aryl methyl sites for hydroxylation is 2. The predicted molar refractivity (Wildman–Crippen MR) is 92.3 cm³/mol. The molecule has 0 spiro atoms. The van der Waals surface area contributed by atoms with Crippen molar-refractivity contribution in [1.82, 2.24) is 15.1 Å². The van der Waals surface area contributed by atoms with Crippen molar-refractivity contribution in [2.75, 3.05) is 11.9 Å². The third-order valence-electron chi connectivity index (χ3n) is 2.94. The van der Waals surface area contributed by atoms with Crippen LogP contribution >= 0.6 is 35.4 Å². The molecule has 7 heteroatoms. The monoisotopic (exact) mass is 342 g/mol. The van der Waals surface area contributed by atoms with Gasteiger partial charge in [0.25, 0.3) is 0 Å². The van der Waals surface area contributed by atoms with Crippen LogP contribution in [0.5, 0.6) is 0 Å². The van der Waals surface area contributed by atoms with Crippen molar-refractivity contribution in [3.8, 4) is 0 Å². The highest BCUT2D eigenvalue weighted by atomic mass is 35.5. The maximum Gasteiger partial charge on any atom is 0.170 e. The van der Waals surface area contributed by atoms with E-state index in [0.717, 1.165) is 30.9 Å². The zero-order valence-electron chi connectivity index (χ0n) is 11.6.